The van der Waals surface area contributed by atoms with Crippen LogP contribution in [0.1, 0.15) is 32.4 Å². The van der Waals surface area contributed by atoms with E-state index in [1.54, 1.807) is 0 Å². The van der Waals surface area contributed by atoms with Gasteiger partial charge in [-0.3, -0.25) is 4.18 Å². The van der Waals surface area contributed by atoms with Crippen LogP contribution in [0.4, 0.5) is 18.0 Å². The van der Waals surface area contributed by atoms with Crippen molar-refractivity contribution in [3.8, 4) is 0 Å². The number of carbonyl (C=O) groups is 1. The molecule has 1 saturated heterocycles. The van der Waals surface area contributed by atoms with E-state index in [2.05, 4.69) is 4.18 Å². The Balaban J connectivity index is 2.46. The Kier molecular flexibility index (Phi) is 4.33. The van der Waals surface area contributed by atoms with E-state index in [0.29, 0.717) is 6.07 Å². The topological polar surface area (TPSA) is 72.9 Å². The van der Waals surface area contributed by atoms with E-state index in [1.807, 2.05) is 0 Å². The summed E-state index contributed by atoms with van der Waals surface area (Å²) in [5.74, 6) is -4.79. The first-order valence-electron chi connectivity index (χ1n) is 6.49. The van der Waals surface area contributed by atoms with E-state index in [0.717, 1.165) is 6.07 Å². The second-order valence-electron chi connectivity index (χ2n) is 5.80. The SMILES string of the molecule is CC(C)(C)OC(=O)N1[C@@H](c2ccc(F)c(F)c2F)COS1(=O)=O. The third-order valence-electron chi connectivity index (χ3n) is 2.90. The van der Waals surface area contributed by atoms with Crippen molar-refractivity contribution in [3.05, 3.63) is 35.1 Å². The number of ether oxygens (including phenoxy) is 1. The Bertz CT molecular complexity index is 745. The maximum Gasteiger partial charge on any atom is 0.426 e. The molecule has 2 rings (SSSR count). The summed E-state index contributed by atoms with van der Waals surface area (Å²) in [6.45, 7) is 3.87. The number of rotatable bonds is 1. The summed E-state index contributed by atoms with van der Waals surface area (Å²) in [5.41, 5.74) is -1.55. The Labute approximate surface area is 131 Å². The van der Waals surface area contributed by atoms with Crippen LogP contribution >= 0.6 is 0 Å². The summed E-state index contributed by atoms with van der Waals surface area (Å²) >= 11 is 0. The first-order chi connectivity index (χ1) is 10.4. The largest absolute Gasteiger partial charge is 0.443 e. The van der Waals surface area contributed by atoms with Gasteiger partial charge in [0, 0.05) is 5.56 Å². The fourth-order valence-electron chi connectivity index (χ4n) is 1.97. The molecule has 0 aliphatic carbocycles. The van der Waals surface area contributed by atoms with Crippen molar-refractivity contribution in [2.45, 2.75) is 32.4 Å². The molecule has 0 aromatic heterocycles. The van der Waals surface area contributed by atoms with Crippen molar-refractivity contribution in [1.82, 2.24) is 4.31 Å². The van der Waals surface area contributed by atoms with Crippen LogP contribution in [0.15, 0.2) is 12.1 Å². The number of amides is 1. The minimum Gasteiger partial charge on any atom is -0.443 e. The van der Waals surface area contributed by atoms with Gasteiger partial charge >= 0.3 is 16.4 Å². The van der Waals surface area contributed by atoms with Gasteiger partial charge in [-0.15, -0.1) is 0 Å². The molecule has 1 aliphatic heterocycles. The van der Waals surface area contributed by atoms with Crippen LogP contribution in [0.2, 0.25) is 0 Å². The molecule has 1 aromatic carbocycles. The van der Waals surface area contributed by atoms with Crippen molar-refractivity contribution in [1.29, 1.82) is 0 Å². The first kappa shape index (κ1) is 17.5. The molecule has 10 heteroatoms. The Morgan fingerprint density at radius 1 is 1.26 bits per heavy atom. The van der Waals surface area contributed by atoms with Gasteiger partial charge in [0.2, 0.25) is 0 Å². The second kappa shape index (κ2) is 5.68. The predicted octanol–water partition coefficient (Wildman–Crippen LogP) is 2.66. The Hall–Kier alpha value is -1.81. The summed E-state index contributed by atoms with van der Waals surface area (Å²) in [6.07, 6.45) is -1.30. The van der Waals surface area contributed by atoms with Gasteiger partial charge < -0.3 is 4.74 Å². The van der Waals surface area contributed by atoms with Crippen LogP contribution in [0.25, 0.3) is 0 Å². The molecule has 0 radical (unpaired) electrons. The standard InChI is InChI=1S/C13H14F3NO5S/c1-13(2,3)22-12(18)17-9(6-21-23(17,19)20)7-4-5-8(14)11(16)10(7)15/h4-5,9H,6H2,1-3H3/t9-/m1/s1. The number of halogens is 3. The Morgan fingerprint density at radius 3 is 2.43 bits per heavy atom. The summed E-state index contributed by atoms with van der Waals surface area (Å²) in [6, 6.07) is -0.0173. The number of carbonyl (C=O) groups excluding carboxylic acids is 1. The van der Waals surface area contributed by atoms with Gasteiger partial charge in [0.05, 0.1) is 6.61 Å². The molecule has 0 unspecified atom stereocenters. The molecule has 1 heterocycles. The van der Waals surface area contributed by atoms with Crippen LogP contribution in [0.5, 0.6) is 0 Å². The zero-order valence-corrected chi connectivity index (χ0v) is 13.3. The van der Waals surface area contributed by atoms with Gasteiger partial charge in [-0.1, -0.05) is 6.07 Å². The zero-order chi connectivity index (χ0) is 17.6. The van der Waals surface area contributed by atoms with Gasteiger partial charge in [0.15, 0.2) is 17.5 Å². The quantitative estimate of drug-likeness (QED) is 0.726. The molecule has 1 amide bonds. The molecule has 0 saturated carbocycles. The number of hydrogen-bond acceptors (Lipinski definition) is 5. The monoisotopic (exact) mass is 353 g/mol. The lowest BCUT2D eigenvalue weighted by Crippen LogP contribution is -2.39. The lowest BCUT2D eigenvalue weighted by molar-refractivity contribution is 0.0354. The maximum absolute atomic E-state index is 13.9. The smallest absolute Gasteiger partial charge is 0.426 e. The van der Waals surface area contributed by atoms with E-state index < -0.39 is 57.7 Å². The number of hydrogen-bond donors (Lipinski definition) is 0. The van der Waals surface area contributed by atoms with Gasteiger partial charge in [-0.25, -0.2) is 18.0 Å². The van der Waals surface area contributed by atoms with Gasteiger partial charge in [-0.2, -0.15) is 12.7 Å². The van der Waals surface area contributed by atoms with Crippen molar-refractivity contribution >= 4 is 16.4 Å². The normalized spacial score (nSPS) is 20.6. The van der Waals surface area contributed by atoms with Crippen LogP contribution < -0.4 is 0 Å². The van der Waals surface area contributed by atoms with Crippen LogP contribution in [-0.2, 0) is 19.2 Å². The predicted molar refractivity (Wildman–Crippen MR) is 72.0 cm³/mol. The Morgan fingerprint density at radius 2 is 1.87 bits per heavy atom. The zero-order valence-electron chi connectivity index (χ0n) is 12.5. The molecule has 1 aromatic rings. The molecule has 0 bridgehead atoms. The molecular weight excluding hydrogens is 339 g/mol. The highest BCUT2D eigenvalue weighted by molar-refractivity contribution is 7.85. The van der Waals surface area contributed by atoms with Crippen molar-refractivity contribution in [3.63, 3.8) is 0 Å². The highest BCUT2D eigenvalue weighted by Gasteiger charge is 2.46. The van der Waals surface area contributed by atoms with Crippen molar-refractivity contribution < 1.29 is 35.3 Å². The fourth-order valence-corrected chi connectivity index (χ4v) is 3.09. The third-order valence-corrected chi connectivity index (χ3v) is 4.22. The highest BCUT2D eigenvalue weighted by atomic mass is 32.2. The van der Waals surface area contributed by atoms with Crippen LogP contribution in [-0.4, -0.2) is 31.0 Å². The van der Waals surface area contributed by atoms with Gasteiger partial charge in [0.1, 0.15) is 11.6 Å². The van der Waals surface area contributed by atoms with Gasteiger partial charge in [-0.05, 0) is 26.8 Å². The van der Waals surface area contributed by atoms with E-state index in [1.165, 1.54) is 20.8 Å². The van der Waals surface area contributed by atoms with Crippen molar-refractivity contribution in [2.75, 3.05) is 6.61 Å². The molecule has 1 aliphatic rings. The molecule has 0 spiro atoms. The minimum atomic E-state index is -4.52. The van der Waals surface area contributed by atoms with E-state index in [9.17, 15) is 26.4 Å². The van der Waals surface area contributed by atoms with Crippen molar-refractivity contribution in [2.24, 2.45) is 0 Å². The molecule has 1 atom stereocenters. The van der Waals surface area contributed by atoms with E-state index in [-0.39, 0.29) is 4.31 Å². The molecular formula is C13H14F3NO5S. The molecule has 23 heavy (non-hydrogen) atoms. The van der Waals surface area contributed by atoms with E-state index in [4.69, 9.17) is 4.74 Å². The summed E-state index contributed by atoms with van der Waals surface area (Å²) in [5, 5.41) is 0. The minimum absolute atomic E-state index is 0.175. The lowest BCUT2D eigenvalue weighted by Gasteiger charge is -2.26. The highest BCUT2D eigenvalue weighted by Crippen LogP contribution is 2.35. The van der Waals surface area contributed by atoms with Crippen LogP contribution in [0.3, 0.4) is 0 Å². The fraction of sp³-hybridized carbons (Fsp3) is 0.462. The van der Waals surface area contributed by atoms with E-state index >= 15 is 0 Å². The summed E-state index contributed by atoms with van der Waals surface area (Å²) < 4.78 is 73.6. The lowest BCUT2D eigenvalue weighted by atomic mass is 10.1. The molecule has 6 nitrogen and oxygen atoms in total. The molecule has 0 N–H and O–H groups in total. The maximum atomic E-state index is 13.9. The summed E-state index contributed by atoms with van der Waals surface area (Å²) in [4.78, 5) is 12.1. The number of nitrogens with zero attached hydrogens (tertiary/aromatic N) is 1. The summed E-state index contributed by atoms with van der Waals surface area (Å²) in [7, 11) is -4.52. The average molecular weight is 353 g/mol. The van der Waals surface area contributed by atoms with Crippen LogP contribution in [0, 0.1) is 17.5 Å². The van der Waals surface area contributed by atoms with Gasteiger partial charge in [0.25, 0.3) is 0 Å². The second-order valence-corrected chi connectivity index (χ2v) is 7.28. The molecule has 1 fully saturated rings. The third kappa shape index (κ3) is 3.42. The average Bonchev–Trinajstić information content (AvgIpc) is 2.70. The molecule has 128 valence electrons. The number of benzene rings is 1. The first-order valence-corrected chi connectivity index (χ1v) is 7.86.